The Morgan fingerprint density at radius 3 is 2.52 bits per heavy atom. The number of thioether (sulfide) groups is 1. The molecular formula is C17H16F2N2OS. The molecule has 2 rings (SSSR count). The maximum absolute atomic E-state index is 12.3. The Morgan fingerprint density at radius 2 is 1.87 bits per heavy atom. The monoisotopic (exact) mass is 334 g/mol. The highest BCUT2D eigenvalue weighted by Crippen LogP contribution is 2.27. The van der Waals surface area contributed by atoms with E-state index in [0.29, 0.717) is 40.1 Å². The van der Waals surface area contributed by atoms with Crippen LogP contribution in [0.5, 0.6) is 0 Å². The van der Waals surface area contributed by atoms with Crippen molar-refractivity contribution >= 4 is 29.0 Å². The third kappa shape index (κ3) is 5.10. The Kier molecular flexibility index (Phi) is 6.17. The van der Waals surface area contributed by atoms with Gasteiger partial charge in [-0.1, -0.05) is 30.0 Å². The van der Waals surface area contributed by atoms with Crippen LogP contribution in [0.3, 0.4) is 0 Å². The number of carbonyl (C=O) groups is 1. The molecule has 0 unspecified atom stereocenters. The number of para-hydroxylation sites is 1. The van der Waals surface area contributed by atoms with Crippen LogP contribution in [0.1, 0.15) is 10.4 Å². The number of rotatable bonds is 7. The fourth-order valence-corrected chi connectivity index (χ4v) is 2.42. The molecule has 0 aliphatic rings. The van der Waals surface area contributed by atoms with Gasteiger partial charge in [-0.05, 0) is 36.4 Å². The van der Waals surface area contributed by atoms with Crippen molar-refractivity contribution in [2.45, 2.75) is 10.7 Å². The van der Waals surface area contributed by atoms with Crippen molar-refractivity contribution in [1.82, 2.24) is 5.32 Å². The molecule has 2 aromatic carbocycles. The first-order valence-electron chi connectivity index (χ1n) is 6.90. The summed E-state index contributed by atoms with van der Waals surface area (Å²) in [7, 11) is 0. The van der Waals surface area contributed by atoms with Crippen LogP contribution in [-0.4, -0.2) is 18.2 Å². The number of alkyl halides is 2. The van der Waals surface area contributed by atoms with Crippen LogP contribution in [-0.2, 0) is 0 Å². The average molecular weight is 334 g/mol. The van der Waals surface area contributed by atoms with Crippen LogP contribution in [0.4, 0.5) is 20.2 Å². The first kappa shape index (κ1) is 17.0. The Bertz CT molecular complexity index is 675. The van der Waals surface area contributed by atoms with Gasteiger partial charge in [0.15, 0.2) is 0 Å². The Morgan fingerprint density at radius 1 is 1.17 bits per heavy atom. The van der Waals surface area contributed by atoms with Crippen molar-refractivity contribution < 1.29 is 13.6 Å². The van der Waals surface area contributed by atoms with E-state index in [9.17, 15) is 13.6 Å². The third-order valence-electron chi connectivity index (χ3n) is 2.94. The van der Waals surface area contributed by atoms with Crippen LogP contribution in [0.15, 0.2) is 66.1 Å². The summed E-state index contributed by atoms with van der Waals surface area (Å²) in [6.45, 7) is 3.94. The number of benzene rings is 2. The van der Waals surface area contributed by atoms with Gasteiger partial charge in [-0.2, -0.15) is 8.78 Å². The molecule has 0 fully saturated rings. The first-order valence-corrected chi connectivity index (χ1v) is 7.78. The molecular weight excluding hydrogens is 318 g/mol. The number of halogens is 2. The summed E-state index contributed by atoms with van der Waals surface area (Å²) in [6, 6.07) is 13.7. The topological polar surface area (TPSA) is 41.1 Å². The molecule has 6 heteroatoms. The lowest BCUT2D eigenvalue weighted by atomic mass is 10.1. The lowest BCUT2D eigenvalue weighted by molar-refractivity contribution is 0.0959. The van der Waals surface area contributed by atoms with Crippen LogP contribution < -0.4 is 10.6 Å². The van der Waals surface area contributed by atoms with Crippen LogP contribution in [0.25, 0.3) is 0 Å². The van der Waals surface area contributed by atoms with E-state index in [-0.39, 0.29) is 5.91 Å². The van der Waals surface area contributed by atoms with E-state index in [0.717, 1.165) is 0 Å². The molecule has 120 valence electrons. The number of carbonyl (C=O) groups excluding carboxylic acids is 1. The highest BCUT2D eigenvalue weighted by atomic mass is 32.2. The summed E-state index contributed by atoms with van der Waals surface area (Å²) >= 11 is 0.496. The zero-order chi connectivity index (χ0) is 16.7. The van der Waals surface area contributed by atoms with Crippen LogP contribution in [0.2, 0.25) is 0 Å². The van der Waals surface area contributed by atoms with Crippen molar-refractivity contribution in [3.8, 4) is 0 Å². The fourth-order valence-electron chi connectivity index (χ4n) is 1.93. The highest BCUT2D eigenvalue weighted by Gasteiger charge is 2.10. The second-order valence-corrected chi connectivity index (χ2v) is 5.64. The van der Waals surface area contributed by atoms with E-state index >= 15 is 0 Å². The van der Waals surface area contributed by atoms with Crippen molar-refractivity contribution in [2.24, 2.45) is 0 Å². The van der Waals surface area contributed by atoms with Crippen molar-refractivity contribution in [1.29, 1.82) is 0 Å². The molecule has 0 saturated heterocycles. The minimum Gasteiger partial charge on any atom is -0.355 e. The van der Waals surface area contributed by atoms with Crippen LogP contribution in [0, 0.1) is 0 Å². The quantitative estimate of drug-likeness (QED) is 0.571. The van der Waals surface area contributed by atoms with Crippen molar-refractivity contribution in [3.63, 3.8) is 0 Å². The molecule has 0 atom stereocenters. The largest absolute Gasteiger partial charge is 0.355 e. The molecule has 23 heavy (non-hydrogen) atoms. The summed E-state index contributed by atoms with van der Waals surface area (Å²) in [5.74, 6) is -2.65. The van der Waals surface area contributed by atoms with E-state index in [2.05, 4.69) is 17.2 Å². The molecule has 0 aliphatic heterocycles. The molecule has 1 amide bonds. The van der Waals surface area contributed by atoms with Gasteiger partial charge in [-0.25, -0.2) is 0 Å². The van der Waals surface area contributed by atoms with Gasteiger partial charge in [0.05, 0.1) is 11.3 Å². The van der Waals surface area contributed by atoms with Gasteiger partial charge in [0, 0.05) is 17.1 Å². The number of amides is 1. The molecule has 0 aromatic heterocycles. The van der Waals surface area contributed by atoms with Crippen molar-refractivity contribution in [3.05, 3.63) is 66.7 Å². The Balaban J connectivity index is 2.13. The van der Waals surface area contributed by atoms with Gasteiger partial charge in [0.1, 0.15) is 0 Å². The van der Waals surface area contributed by atoms with E-state index in [1.54, 1.807) is 48.5 Å². The van der Waals surface area contributed by atoms with Gasteiger partial charge >= 0.3 is 0 Å². The summed E-state index contributed by atoms with van der Waals surface area (Å²) in [4.78, 5) is 12.6. The highest BCUT2D eigenvalue weighted by molar-refractivity contribution is 7.99. The van der Waals surface area contributed by atoms with E-state index < -0.39 is 5.76 Å². The molecule has 0 radical (unpaired) electrons. The lowest BCUT2D eigenvalue weighted by Gasteiger charge is -2.12. The van der Waals surface area contributed by atoms with Gasteiger partial charge in [-0.3, -0.25) is 4.79 Å². The van der Waals surface area contributed by atoms with Crippen LogP contribution >= 0.6 is 11.8 Å². The molecule has 2 N–H and O–H groups in total. The maximum Gasteiger partial charge on any atom is 0.288 e. The van der Waals surface area contributed by atoms with Crippen molar-refractivity contribution in [2.75, 3.05) is 11.9 Å². The molecule has 3 nitrogen and oxygen atoms in total. The average Bonchev–Trinajstić information content (AvgIpc) is 2.54. The minimum absolute atomic E-state index is 0.210. The minimum atomic E-state index is -2.44. The predicted octanol–water partition coefficient (Wildman–Crippen LogP) is 4.66. The molecule has 0 bridgehead atoms. The zero-order valence-corrected chi connectivity index (χ0v) is 13.1. The van der Waals surface area contributed by atoms with Gasteiger partial charge in [0.2, 0.25) is 0 Å². The standard InChI is InChI=1S/C17H16F2N2OS/c1-2-11-20-16(22)14-5-3-4-6-15(14)21-12-7-9-13(10-8-12)23-17(18)19/h2-10,17,21H,1,11H2,(H,20,22). The summed E-state index contributed by atoms with van der Waals surface area (Å²) in [5, 5.41) is 5.85. The molecule has 2 aromatic rings. The first-order chi connectivity index (χ1) is 11.1. The number of hydrogen-bond acceptors (Lipinski definition) is 3. The van der Waals surface area contributed by atoms with E-state index in [1.165, 1.54) is 0 Å². The summed E-state index contributed by atoms with van der Waals surface area (Å²) < 4.78 is 24.6. The molecule has 0 aliphatic carbocycles. The second kappa shape index (κ2) is 8.33. The fraction of sp³-hybridized carbons (Fsp3) is 0.118. The number of hydrogen-bond donors (Lipinski definition) is 2. The van der Waals surface area contributed by atoms with E-state index in [1.807, 2.05) is 6.07 Å². The second-order valence-electron chi connectivity index (χ2n) is 4.57. The Labute approximate surface area is 137 Å². The smallest absolute Gasteiger partial charge is 0.288 e. The van der Waals surface area contributed by atoms with E-state index in [4.69, 9.17) is 0 Å². The summed E-state index contributed by atoms with van der Waals surface area (Å²) in [5.41, 5.74) is 1.86. The Hall–Kier alpha value is -2.34. The van der Waals surface area contributed by atoms with Gasteiger partial charge < -0.3 is 10.6 Å². The lowest BCUT2D eigenvalue weighted by Crippen LogP contribution is -2.23. The van der Waals surface area contributed by atoms with Gasteiger partial charge in [0.25, 0.3) is 11.7 Å². The zero-order valence-electron chi connectivity index (χ0n) is 12.3. The number of nitrogens with one attached hydrogen (secondary N) is 2. The predicted molar refractivity (Wildman–Crippen MR) is 90.6 cm³/mol. The molecule has 0 saturated carbocycles. The summed E-state index contributed by atoms with van der Waals surface area (Å²) in [6.07, 6.45) is 1.60. The third-order valence-corrected chi connectivity index (χ3v) is 3.66. The SMILES string of the molecule is C=CCNC(=O)c1ccccc1Nc1ccc(SC(F)F)cc1. The molecule has 0 spiro atoms. The number of anilines is 2. The molecule has 0 heterocycles. The normalized spacial score (nSPS) is 10.4. The maximum atomic E-state index is 12.3. The van der Waals surface area contributed by atoms with Gasteiger partial charge in [-0.15, -0.1) is 6.58 Å².